The Morgan fingerprint density at radius 1 is 1.29 bits per heavy atom. The average Bonchev–Trinajstić information content (AvgIpc) is 2.77. The standard InChI is InChI=1S/C10H9ClN2O3S/c1-16-9-2-4-10(5-3-9)17(14,15)13-7-8(11)6-12-13/h2-7H,1H3. The second-order valence-electron chi connectivity index (χ2n) is 3.21. The molecule has 2 aromatic rings. The first kappa shape index (κ1) is 11.9. The smallest absolute Gasteiger partial charge is 0.282 e. The second kappa shape index (κ2) is 4.38. The van der Waals surface area contributed by atoms with Crippen LogP contribution in [0.25, 0.3) is 0 Å². The third-order valence-electron chi connectivity index (χ3n) is 2.13. The Kier molecular flexibility index (Phi) is 3.08. The Labute approximate surface area is 104 Å². The predicted molar refractivity (Wildman–Crippen MR) is 62.8 cm³/mol. The van der Waals surface area contributed by atoms with Gasteiger partial charge in [-0.1, -0.05) is 11.6 Å². The molecule has 1 heterocycles. The van der Waals surface area contributed by atoms with Gasteiger partial charge in [-0.3, -0.25) is 0 Å². The fourth-order valence-electron chi connectivity index (χ4n) is 1.27. The number of methoxy groups -OCH3 is 1. The van der Waals surface area contributed by atoms with E-state index in [1.54, 1.807) is 12.1 Å². The molecule has 0 saturated carbocycles. The average molecular weight is 273 g/mol. The van der Waals surface area contributed by atoms with Crippen molar-refractivity contribution >= 4 is 21.6 Å². The number of hydrogen-bond donors (Lipinski definition) is 0. The zero-order valence-electron chi connectivity index (χ0n) is 8.87. The Morgan fingerprint density at radius 3 is 2.41 bits per heavy atom. The van der Waals surface area contributed by atoms with E-state index in [1.807, 2.05) is 0 Å². The van der Waals surface area contributed by atoms with E-state index < -0.39 is 10.0 Å². The summed E-state index contributed by atoms with van der Waals surface area (Å²) in [5.74, 6) is 0.586. The molecule has 7 heteroatoms. The van der Waals surface area contributed by atoms with Gasteiger partial charge in [0.2, 0.25) is 0 Å². The number of hydrogen-bond acceptors (Lipinski definition) is 4. The third kappa shape index (κ3) is 2.27. The van der Waals surface area contributed by atoms with Gasteiger partial charge in [0, 0.05) is 0 Å². The number of halogens is 1. The summed E-state index contributed by atoms with van der Waals surface area (Å²) in [5, 5.41) is 3.94. The first-order valence-corrected chi connectivity index (χ1v) is 6.45. The maximum atomic E-state index is 12.0. The molecule has 0 amide bonds. The van der Waals surface area contributed by atoms with Crippen molar-refractivity contribution in [1.82, 2.24) is 9.19 Å². The van der Waals surface area contributed by atoms with Crippen LogP contribution in [-0.4, -0.2) is 24.7 Å². The maximum Gasteiger partial charge on any atom is 0.282 e. The lowest BCUT2D eigenvalue weighted by atomic mass is 10.3. The van der Waals surface area contributed by atoms with Crippen LogP contribution in [-0.2, 0) is 10.0 Å². The normalized spacial score (nSPS) is 11.4. The first-order valence-electron chi connectivity index (χ1n) is 4.64. The van der Waals surface area contributed by atoms with Gasteiger partial charge in [0.25, 0.3) is 10.0 Å². The molecule has 0 aliphatic heterocycles. The highest BCUT2D eigenvalue weighted by Crippen LogP contribution is 2.18. The van der Waals surface area contributed by atoms with E-state index in [0.29, 0.717) is 5.75 Å². The van der Waals surface area contributed by atoms with Crippen molar-refractivity contribution < 1.29 is 13.2 Å². The van der Waals surface area contributed by atoms with Gasteiger partial charge in [-0.25, -0.2) is 0 Å². The zero-order chi connectivity index (χ0) is 12.5. The highest BCUT2D eigenvalue weighted by molar-refractivity contribution is 7.89. The number of ether oxygens (including phenoxy) is 1. The zero-order valence-corrected chi connectivity index (χ0v) is 10.4. The molecule has 0 fully saturated rings. The van der Waals surface area contributed by atoms with Crippen molar-refractivity contribution in [2.45, 2.75) is 4.90 Å². The predicted octanol–water partition coefficient (Wildman–Crippen LogP) is 1.78. The van der Waals surface area contributed by atoms with E-state index >= 15 is 0 Å². The van der Waals surface area contributed by atoms with Gasteiger partial charge in [0.05, 0.1) is 29.4 Å². The van der Waals surface area contributed by atoms with Crippen molar-refractivity contribution in [3.63, 3.8) is 0 Å². The van der Waals surface area contributed by atoms with Crippen molar-refractivity contribution in [3.05, 3.63) is 41.7 Å². The molecule has 90 valence electrons. The van der Waals surface area contributed by atoms with Gasteiger partial charge < -0.3 is 4.74 Å². The molecule has 2 rings (SSSR count). The largest absolute Gasteiger partial charge is 0.497 e. The van der Waals surface area contributed by atoms with Crippen LogP contribution in [0.15, 0.2) is 41.6 Å². The van der Waals surface area contributed by atoms with E-state index in [1.165, 1.54) is 31.6 Å². The van der Waals surface area contributed by atoms with Crippen molar-refractivity contribution in [3.8, 4) is 5.75 Å². The molecule has 1 aromatic heterocycles. The number of nitrogens with zero attached hydrogens (tertiary/aromatic N) is 2. The lowest BCUT2D eigenvalue weighted by molar-refractivity contribution is 0.414. The van der Waals surface area contributed by atoms with E-state index in [-0.39, 0.29) is 9.92 Å². The van der Waals surface area contributed by atoms with Crippen molar-refractivity contribution in [2.24, 2.45) is 0 Å². The molecule has 5 nitrogen and oxygen atoms in total. The molecule has 0 saturated heterocycles. The summed E-state index contributed by atoms with van der Waals surface area (Å²) in [6.07, 6.45) is 2.50. The Morgan fingerprint density at radius 2 is 1.94 bits per heavy atom. The van der Waals surface area contributed by atoms with Gasteiger partial charge >= 0.3 is 0 Å². The summed E-state index contributed by atoms with van der Waals surface area (Å²) >= 11 is 5.63. The monoisotopic (exact) mass is 272 g/mol. The van der Waals surface area contributed by atoms with Gasteiger partial charge in [-0.2, -0.15) is 17.6 Å². The summed E-state index contributed by atoms with van der Waals surface area (Å²) in [5.41, 5.74) is 0. The molecule has 17 heavy (non-hydrogen) atoms. The van der Waals surface area contributed by atoms with Gasteiger partial charge in [0.1, 0.15) is 5.75 Å². The van der Waals surface area contributed by atoms with Crippen LogP contribution in [0, 0.1) is 0 Å². The maximum absolute atomic E-state index is 12.0. The molecule has 0 atom stereocenters. The third-order valence-corrected chi connectivity index (χ3v) is 3.89. The van der Waals surface area contributed by atoms with Gasteiger partial charge in [-0.15, -0.1) is 0 Å². The summed E-state index contributed by atoms with van der Waals surface area (Å²) < 4.78 is 29.9. The van der Waals surface area contributed by atoms with E-state index in [2.05, 4.69) is 5.10 Å². The molecule has 0 spiro atoms. The molecule has 0 N–H and O–H groups in total. The first-order chi connectivity index (χ1) is 8.04. The van der Waals surface area contributed by atoms with Crippen molar-refractivity contribution in [1.29, 1.82) is 0 Å². The van der Waals surface area contributed by atoms with E-state index in [4.69, 9.17) is 16.3 Å². The molecule has 0 unspecified atom stereocenters. The molecular formula is C10H9ClN2O3S. The molecule has 1 aromatic carbocycles. The van der Waals surface area contributed by atoms with Crippen LogP contribution in [0.1, 0.15) is 0 Å². The molecule has 0 aliphatic carbocycles. The molecule has 0 bridgehead atoms. The Hall–Kier alpha value is -1.53. The number of aromatic nitrogens is 2. The fraction of sp³-hybridized carbons (Fsp3) is 0.100. The van der Waals surface area contributed by atoms with Crippen LogP contribution in [0.2, 0.25) is 5.02 Å². The van der Waals surface area contributed by atoms with Crippen LogP contribution in [0.5, 0.6) is 5.75 Å². The van der Waals surface area contributed by atoms with Crippen LogP contribution in [0.4, 0.5) is 0 Å². The van der Waals surface area contributed by atoms with Crippen LogP contribution in [0.3, 0.4) is 0 Å². The lowest BCUT2D eigenvalue weighted by Crippen LogP contribution is -2.13. The van der Waals surface area contributed by atoms with E-state index in [9.17, 15) is 8.42 Å². The minimum Gasteiger partial charge on any atom is -0.497 e. The fourth-order valence-corrected chi connectivity index (χ4v) is 2.58. The van der Waals surface area contributed by atoms with Crippen molar-refractivity contribution in [2.75, 3.05) is 7.11 Å². The SMILES string of the molecule is COc1ccc(S(=O)(=O)n2cc(Cl)cn2)cc1. The van der Waals surface area contributed by atoms with E-state index in [0.717, 1.165) is 4.09 Å². The number of benzene rings is 1. The molecule has 0 radical (unpaired) electrons. The van der Waals surface area contributed by atoms with Crippen LogP contribution >= 0.6 is 11.6 Å². The van der Waals surface area contributed by atoms with Gasteiger partial charge in [0.15, 0.2) is 0 Å². The highest BCUT2D eigenvalue weighted by atomic mass is 35.5. The minimum atomic E-state index is -3.68. The summed E-state index contributed by atoms with van der Waals surface area (Å²) in [6.45, 7) is 0. The molecular weight excluding hydrogens is 264 g/mol. The summed E-state index contributed by atoms with van der Waals surface area (Å²) in [6, 6.07) is 6.03. The van der Waals surface area contributed by atoms with Crippen LogP contribution < -0.4 is 4.74 Å². The highest BCUT2D eigenvalue weighted by Gasteiger charge is 2.17. The molecule has 0 aliphatic rings. The quantitative estimate of drug-likeness (QED) is 0.854. The Bertz CT molecular complexity index is 619. The summed E-state index contributed by atoms with van der Waals surface area (Å²) in [7, 11) is -2.17. The Balaban J connectivity index is 2.44. The summed E-state index contributed by atoms with van der Waals surface area (Å²) in [4.78, 5) is 0.123. The minimum absolute atomic E-state index is 0.123. The number of rotatable bonds is 3. The lowest BCUT2D eigenvalue weighted by Gasteiger charge is -2.05. The van der Waals surface area contributed by atoms with Gasteiger partial charge in [-0.05, 0) is 24.3 Å². The second-order valence-corrected chi connectivity index (χ2v) is 5.44. The topological polar surface area (TPSA) is 61.2 Å².